The molecule has 8 heteroatoms. The monoisotopic (exact) mass is 433 g/mol. The Morgan fingerprint density at radius 2 is 1.57 bits per heavy atom. The predicted octanol–water partition coefficient (Wildman–Crippen LogP) is 5.34. The summed E-state index contributed by atoms with van der Waals surface area (Å²) in [5, 5.41) is 2.70. The summed E-state index contributed by atoms with van der Waals surface area (Å²) in [6.07, 6.45) is -3.37. The number of amides is 1. The Hall–Kier alpha value is -3.13. The number of sulfone groups is 1. The van der Waals surface area contributed by atoms with Crippen molar-refractivity contribution in [2.45, 2.75) is 18.0 Å². The molecule has 156 valence electrons. The third-order valence-corrected chi connectivity index (χ3v) is 5.69. The number of hydrogen-bond acceptors (Lipinski definition) is 3. The van der Waals surface area contributed by atoms with E-state index in [9.17, 15) is 26.4 Å². The highest BCUT2D eigenvalue weighted by molar-refractivity contribution is 7.90. The first-order valence-corrected chi connectivity index (χ1v) is 10.7. The highest BCUT2D eigenvalue weighted by Gasteiger charge is 2.30. The van der Waals surface area contributed by atoms with Gasteiger partial charge in [0, 0.05) is 17.5 Å². The Morgan fingerprint density at radius 3 is 2.17 bits per heavy atom. The van der Waals surface area contributed by atoms with E-state index < -0.39 is 27.5 Å². The maximum Gasteiger partial charge on any atom is 0.416 e. The van der Waals surface area contributed by atoms with E-state index in [0.29, 0.717) is 22.4 Å². The molecule has 0 atom stereocenters. The Bertz CT molecular complexity index is 1200. The normalized spacial score (nSPS) is 11.9. The maximum absolute atomic E-state index is 12.9. The molecule has 0 aliphatic rings. The van der Waals surface area contributed by atoms with Crippen molar-refractivity contribution in [3.63, 3.8) is 0 Å². The van der Waals surface area contributed by atoms with Crippen molar-refractivity contribution in [2.24, 2.45) is 0 Å². The van der Waals surface area contributed by atoms with E-state index in [4.69, 9.17) is 0 Å². The van der Waals surface area contributed by atoms with Gasteiger partial charge < -0.3 is 5.32 Å². The van der Waals surface area contributed by atoms with Crippen molar-refractivity contribution in [1.29, 1.82) is 0 Å². The molecule has 0 aromatic heterocycles. The van der Waals surface area contributed by atoms with Crippen LogP contribution in [-0.4, -0.2) is 20.6 Å². The van der Waals surface area contributed by atoms with Gasteiger partial charge in [-0.2, -0.15) is 13.2 Å². The minimum atomic E-state index is -4.45. The standard InChI is InChI=1S/C22H18F3NO3S/c1-14-7-12-17(30(2,28)29)13-20(14)26-21(27)19-6-4-3-5-18(19)15-8-10-16(11-9-15)22(23,24)25/h3-13H,1-2H3,(H,26,27). The summed E-state index contributed by atoms with van der Waals surface area (Å²) in [4.78, 5) is 13.0. The lowest BCUT2D eigenvalue weighted by molar-refractivity contribution is -0.137. The van der Waals surface area contributed by atoms with E-state index in [2.05, 4.69) is 5.32 Å². The van der Waals surface area contributed by atoms with Crippen LogP contribution in [0, 0.1) is 6.92 Å². The fourth-order valence-electron chi connectivity index (χ4n) is 2.93. The van der Waals surface area contributed by atoms with Crippen LogP contribution in [0.2, 0.25) is 0 Å². The Balaban J connectivity index is 1.96. The van der Waals surface area contributed by atoms with Crippen LogP contribution in [0.5, 0.6) is 0 Å². The summed E-state index contributed by atoms with van der Waals surface area (Å²) in [5.41, 5.74) is 1.40. The predicted molar refractivity (Wildman–Crippen MR) is 109 cm³/mol. The van der Waals surface area contributed by atoms with E-state index in [1.807, 2.05) is 0 Å². The van der Waals surface area contributed by atoms with Crippen LogP contribution >= 0.6 is 0 Å². The van der Waals surface area contributed by atoms with Crippen LogP contribution in [0.4, 0.5) is 18.9 Å². The van der Waals surface area contributed by atoms with E-state index >= 15 is 0 Å². The molecular formula is C22H18F3NO3S. The number of halogens is 3. The lowest BCUT2D eigenvalue weighted by atomic mass is 9.98. The molecule has 0 unspecified atom stereocenters. The number of alkyl halides is 3. The molecule has 0 saturated heterocycles. The molecular weight excluding hydrogens is 415 g/mol. The average Bonchev–Trinajstić information content (AvgIpc) is 2.68. The van der Waals surface area contributed by atoms with Gasteiger partial charge in [-0.1, -0.05) is 36.4 Å². The maximum atomic E-state index is 12.9. The molecule has 0 radical (unpaired) electrons. The van der Waals surface area contributed by atoms with Crippen LogP contribution in [0.25, 0.3) is 11.1 Å². The second-order valence-electron chi connectivity index (χ2n) is 6.82. The number of rotatable bonds is 4. The molecule has 0 aliphatic carbocycles. The summed E-state index contributed by atoms with van der Waals surface area (Å²) in [6, 6.07) is 15.5. The van der Waals surface area contributed by atoms with Gasteiger partial charge in [-0.3, -0.25) is 4.79 Å². The first-order chi connectivity index (χ1) is 14.0. The van der Waals surface area contributed by atoms with E-state index in [1.54, 1.807) is 37.3 Å². The molecule has 4 nitrogen and oxygen atoms in total. The highest BCUT2D eigenvalue weighted by Crippen LogP contribution is 2.32. The van der Waals surface area contributed by atoms with Gasteiger partial charge >= 0.3 is 6.18 Å². The van der Waals surface area contributed by atoms with Crippen molar-refractivity contribution in [3.8, 4) is 11.1 Å². The fourth-order valence-corrected chi connectivity index (χ4v) is 3.57. The third kappa shape index (κ3) is 4.71. The molecule has 0 fully saturated rings. The van der Waals surface area contributed by atoms with Crippen molar-refractivity contribution in [3.05, 3.63) is 83.4 Å². The van der Waals surface area contributed by atoms with Gasteiger partial charge in [-0.25, -0.2) is 8.42 Å². The molecule has 0 heterocycles. The first kappa shape index (κ1) is 21.6. The van der Waals surface area contributed by atoms with Crippen molar-refractivity contribution in [2.75, 3.05) is 11.6 Å². The van der Waals surface area contributed by atoms with E-state index in [1.165, 1.54) is 24.3 Å². The third-order valence-electron chi connectivity index (χ3n) is 4.58. The number of carbonyl (C=O) groups is 1. The summed E-state index contributed by atoms with van der Waals surface area (Å²) in [6.45, 7) is 1.73. The van der Waals surface area contributed by atoms with Crippen LogP contribution in [-0.2, 0) is 16.0 Å². The molecule has 0 bridgehead atoms. The summed E-state index contributed by atoms with van der Waals surface area (Å²) >= 11 is 0. The quantitative estimate of drug-likeness (QED) is 0.604. The minimum Gasteiger partial charge on any atom is -0.322 e. The zero-order valence-electron chi connectivity index (χ0n) is 16.1. The van der Waals surface area contributed by atoms with E-state index in [0.717, 1.165) is 18.4 Å². The lowest BCUT2D eigenvalue weighted by Crippen LogP contribution is -2.14. The van der Waals surface area contributed by atoms with Gasteiger partial charge in [0.25, 0.3) is 5.91 Å². The number of aryl methyl sites for hydroxylation is 1. The zero-order valence-corrected chi connectivity index (χ0v) is 16.9. The van der Waals surface area contributed by atoms with Crippen molar-refractivity contribution < 1.29 is 26.4 Å². The average molecular weight is 433 g/mol. The second-order valence-corrected chi connectivity index (χ2v) is 8.84. The van der Waals surface area contributed by atoms with E-state index in [-0.39, 0.29) is 10.5 Å². The largest absolute Gasteiger partial charge is 0.416 e. The topological polar surface area (TPSA) is 63.2 Å². The Labute approximate surface area is 172 Å². The SMILES string of the molecule is Cc1ccc(S(C)(=O)=O)cc1NC(=O)c1ccccc1-c1ccc(C(F)(F)F)cc1. The molecule has 30 heavy (non-hydrogen) atoms. The molecule has 1 amide bonds. The lowest BCUT2D eigenvalue weighted by Gasteiger charge is -2.14. The van der Waals surface area contributed by atoms with Crippen LogP contribution < -0.4 is 5.32 Å². The summed E-state index contributed by atoms with van der Waals surface area (Å²) in [7, 11) is -3.45. The fraction of sp³-hybridized carbons (Fsp3) is 0.136. The number of benzene rings is 3. The second kappa shape index (κ2) is 7.95. The minimum absolute atomic E-state index is 0.0689. The summed E-state index contributed by atoms with van der Waals surface area (Å²) in [5.74, 6) is -0.501. The Kier molecular flexibility index (Phi) is 5.72. The van der Waals surface area contributed by atoms with Crippen molar-refractivity contribution in [1.82, 2.24) is 0 Å². The van der Waals surface area contributed by atoms with Gasteiger partial charge in [0.05, 0.1) is 10.5 Å². The number of carbonyl (C=O) groups excluding carboxylic acids is 1. The first-order valence-electron chi connectivity index (χ1n) is 8.85. The molecule has 0 spiro atoms. The molecule has 1 N–H and O–H groups in total. The molecule has 3 aromatic carbocycles. The van der Waals surface area contributed by atoms with Gasteiger partial charge in [-0.15, -0.1) is 0 Å². The van der Waals surface area contributed by atoms with Crippen LogP contribution in [0.3, 0.4) is 0 Å². The number of nitrogens with one attached hydrogen (secondary N) is 1. The van der Waals surface area contributed by atoms with Crippen LogP contribution in [0.15, 0.2) is 71.6 Å². The molecule has 3 rings (SSSR count). The van der Waals surface area contributed by atoms with Gasteiger partial charge in [-0.05, 0) is 53.9 Å². The highest BCUT2D eigenvalue weighted by atomic mass is 32.2. The molecule has 3 aromatic rings. The van der Waals surface area contributed by atoms with Gasteiger partial charge in [0.1, 0.15) is 0 Å². The van der Waals surface area contributed by atoms with Gasteiger partial charge in [0.2, 0.25) is 0 Å². The van der Waals surface area contributed by atoms with Crippen LogP contribution in [0.1, 0.15) is 21.5 Å². The number of hydrogen-bond donors (Lipinski definition) is 1. The number of anilines is 1. The molecule has 0 aliphatic heterocycles. The van der Waals surface area contributed by atoms with Gasteiger partial charge in [0.15, 0.2) is 9.84 Å². The smallest absolute Gasteiger partial charge is 0.322 e. The Morgan fingerprint density at radius 1 is 0.933 bits per heavy atom. The molecule has 0 saturated carbocycles. The zero-order chi connectivity index (χ0) is 22.1. The summed E-state index contributed by atoms with van der Waals surface area (Å²) < 4.78 is 62.1. The van der Waals surface area contributed by atoms with Crippen molar-refractivity contribution >= 4 is 21.4 Å².